The molecule has 0 spiro atoms. The van der Waals surface area contributed by atoms with E-state index in [-0.39, 0.29) is 5.91 Å². The fourth-order valence-electron chi connectivity index (χ4n) is 5.26. The van der Waals surface area contributed by atoms with Crippen molar-refractivity contribution in [3.63, 3.8) is 0 Å². The molecule has 4 aromatic rings. The number of H-pyrrole nitrogens is 1. The number of aromatic amines is 1. The second-order valence-corrected chi connectivity index (χ2v) is 9.16. The zero-order valence-corrected chi connectivity index (χ0v) is 18.8. The third-order valence-corrected chi connectivity index (χ3v) is 7.08. The van der Waals surface area contributed by atoms with Crippen LogP contribution in [-0.4, -0.2) is 38.8 Å². The van der Waals surface area contributed by atoms with E-state index in [0.29, 0.717) is 18.2 Å². The third-order valence-electron chi connectivity index (χ3n) is 7.08. The van der Waals surface area contributed by atoms with Crippen LogP contribution in [0.25, 0.3) is 22.2 Å². The van der Waals surface area contributed by atoms with Crippen LogP contribution in [0.3, 0.4) is 0 Å². The highest BCUT2D eigenvalue weighted by atomic mass is 16.2. The minimum atomic E-state index is 0.0562. The average Bonchev–Trinajstić information content (AvgIpc) is 3.53. The lowest BCUT2D eigenvalue weighted by molar-refractivity contribution is 0.0733. The predicted octanol–water partition coefficient (Wildman–Crippen LogP) is 4.56. The van der Waals surface area contributed by atoms with Gasteiger partial charge >= 0.3 is 0 Å². The fraction of sp³-hybridized carbons (Fsp3) is 0.296. The lowest BCUT2D eigenvalue weighted by Crippen LogP contribution is -2.37. The Hall–Kier alpha value is -3.51. The predicted molar refractivity (Wildman–Crippen MR) is 129 cm³/mol. The van der Waals surface area contributed by atoms with Gasteiger partial charge in [0.2, 0.25) is 0 Å². The summed E-state index contributed by atoms with van der Waals surface area (Å²) < 4.78 is 0. The van der Waals surface area contributed by atoms with E-state index < -0.39 is 0 Å². The molecule has 1 atom stereocenters. The molecule has 166 valence electrons. The summed E-state index contributed by atoms with van der Waals surface area (Å²) in [5.41, 5.74) is 9.11. The van der Waals surface area contributed by atoms with E-state index in [0.717, 1.165) is 37.1 Å². The number of hydrogen-bond acceptors (Lipinski definition) is 4. The molecule has 2 aliphatic heterocycles. The standard InChI is InChI=1S/C27H27N5O/c1-17-13-30-26-22(17)12-21(15-31-26)20-10-18-6-9-32(27(33)19-4-2-7-28-14-19)16-24(18)23(11-20)25-5-3-8-29-25/h2,4,7,10-15,25,29H,3,5-6,8-9,16H2,1H3,(H,30,31). The average molecular weight is 438 g/mol. The normalized spacial score (nSPS) is 18.0. The van der Waals surface area contributed by atoms with Gasteiger partial charge in [-0.15, -0.1) is 0 Å². The summed E-state index contributed by atoms with van der Waals surface area (Å²) in [6.45, 7) is 4.51. The smallest absolute Gasteiger partial charge is 0.255 e. The molecule has 6 nitrogen and oxygen atoms in total. The van der Waals surface area contributed by atoms with Crippen LogP contribution in [0.5, 0.6) is 0 Å². The van der Waals surface area contributed by atoms with Gasteiger partial charge in [0, 0.05) is 54.9 Å². The van der Waals surface area contributed by atoms with Gasteiger partial charge in [-0.05, 0) is 84.8 Å². The van der Waals surface area contributed by atoms with Crippen LogP contribution >= 0.6 is 0 Å². The van der Waals surface area contributed by atoms with Crippen LogP contribution in [0.4, 0.5) is 0 Å². The van der Waals surface area contributed by atoms with Crippen molar-refractivity contribution < 1.29 is 4.79 Å². The number of pyridine rings is 2. The number of benzene rings is 1. The Morgan fingerprint density at radius 1 is 1.18 bits per heavy atom. The quantitative estimate of drug-likeness (QED) is 0.493. The van der Waals surface area contributed by atoms with E-state index in [2.05, 4.69) is 45.4 Å². The van der Waals surface area contributed by atoms with Crippen molar-refractivity contribution in [1.29, 1.82) is 0 Å². The van der Waals surface area contributed by atoms with Gasteiger partial charge < -0.3 is 15.2 Å². The first kappa shape index (κ1) is 20.1. The molecular weight excluding hydrogens is 410 g/mol. The van der Waals surface area contributed by atoms with Crippen LogP contribution < -0.4 is 5.32 Å². The lowest BCUT2D eigenvalue weighted by Gasteiger charge is -2.32. The Morgan fingerprint density at radius 2 is 2.12 bits per heavy atom. The van der Waals surface area contributed by atoms with Crippen molar-refractivity contribution in [2.75, 3.05) is 13.1 Å². The summed E-state index contributed by atoms with van der Waals surface area (Å²) in [5.74, 6) is 0.0562. The van der Waals surface area contributed by atoms with Gasteiger partial charge in [0.25, 0.3) is 5.91 Å². The highest BCUT2D eigenvalue weighted by Gasteiger charge is 2.28. The van der Waals surface area contributed by atoms with Crippen molar-refractivity contribution >= 4 is 16.9 Å². The number of aromatic nitrogens is 3. The van der Waals surface area contributed by atoms with Gasteiger partial charge in [-0.25, -0.2) is 4.98 Å². The van der Waals surface area contributed by atoms with Gasteiger partial charge in [0.15, 0.2) is 0 Å². The van der Waals surface area contributed by atoms with Gasteiger partial charge in [0.1, 0.15) is 5.65 Å². The minimum absolute atomic E-state index is 0.0562. The van der Waals surface area contributed by atoms with Gasteiger partial charge in [-0.3, -0.25) is 9.78 Å². The number of fused-ring (bicyclic) bond motifs is 2. The number of carbonyl (C=O) groups excluding carboxylic acids is 1. The molecule has 1 amide bonds. The minimum Gasteiger partial charge on any atom is -0.346 e. The Balaban J connectivity index is 1.41. The number of nitrogens with one attached hydrogen (secondary N) is 2. The number of amides is 1. The topological polar surface area (TPSA) is 73.9 Å². The number of aryl methyl sites for hydroxylation is 1. The summed E-state index contributed by atoms with van der Waals surface area (Å²) in [7, 11) is 0. The molecule has 0 bridgehead atoms. The zero-order chi connectivity index (χ0) is 22.4. The van der Waals surface area contributed by atoms with Crippen LogP contribution in [0, 0.1) is 6.92 Å². The van der Waals surface area contributed by atoms with Crippen molar-refractivity contribution in [3.05, 3.63) is 82.9 Å². The molecule has 6 rings (SSSR count). The maximum Gasteiger partial charge on any atom is 0.255 e. The summed E-state index contributed by atoms with van der Waals surface area (Å²) in [5, 5.41) is 4.84. The number of nitrogens with zero attached hydrogens (tertiary/aromatic N) is 3. The summed E-state index contributed by atoms with van der Waals surface area (Å²) >= 11 is 0. The Bertz CT molecular complexity index is 1340. The van der Waals surface area contributed by atoms with Crippen LogP contribution in [0.15, 0.2) is 55.1 Å². The number of carbonyl (C=O) groups is 1. The first-order valence-corrected chi connectivity index (χ1v) is 11.7. The van der Waals surface area contributed by atoms with E-state index in [4.69, 9.17) is 0 Å². The molecule has 0 saturated carbocycles. The third kappa shape index (κ3) is 3.60. The molecule has 1 saturated heterocycles. The molecule has 2 aliphatic rings. The molecule has 2 N–H and O–H groups in total. The molecule has 6 heteroatoms. The molecule has 0 radical (unpaired) electrons. The van der Waals surface area contributed by atoms with E-state index in [9.17, 15) is 4.79 Å². The summed E-state index contributed by atoms with van der Waals surface area (Å²) in [6, 6.07) is 10.9. The number of rotatable bonds is 3. The monoisotopic (exact) mass is 437 g/mol. The molecule has 5 heterocycles. The van der Waals surface area contributed by atoms with Gasteiger partial charge in [-0.1, -0.05) is 6.07 Å². The van der Waals surface area contributed by atoms with E-state index in [1.807, 2.05) is 29.4 Å². The first-order chi connectivity index (χ1) is 16.2. The molecule has 33 heavy (non-hydrogen) atoms. The SMILES string of the molecule is Cc1c[nH]c2ncc(-c3cc4c(c(C5CCCN5)c3)CN(C(=O)c3cccnc3)CC4)cc12. The maximum absolute atomic E-state index is 13.1. The van der Waals surface area contributed by atoms with E-state index in [1.54, 1.807) is 12.4 Å². The second-order valence-electron chi connectivity index (χ2n) is 9.16. The van der Waals surface area contributed by atoms with Crippen molar-refractivity contribution in [2.45, 2.75) is 38.8 Å². The van der Waals surface area contributed by atoms with Crippen LogP contribution in [-0.2, 0) is 13.0 Å². The van der Waals surface area contributed by atoms with Crippen LogP contribution in [0.1, 0.15) is 51.5 Å². The molecule has 1 aromatic carbocycles. The highest BCUT2D eigenvalue weighted by Crippen LogP contribution is 2.36. The zero-order valence-electron chi connectivity index (χ0n) is 18.8. The maximum atomic E-state index is 13.1. The summed E-state index contributed by atoms with van der Waals surface area (Å²) in [6.07, 6.45) is 10.5. The molecular formula is C27H27N5O. The molecule has 1 fully saturated rings. The van der Waals surface area contributed by atoms with E-state index in [1.165, 1.54) is 39.6 Å². The lowest BCUT2D eigenvalue weighted by atomic mass is 9.87. The van der Waals surface area contributed by atoms with Crippen LogP contribution in [0.2, 0.25) is 0 Å². The largest absolute Gasteiger partial charge is 0.346 e. The Labute approximate surface area is 193 Å². The van der Waals surface area contributed by atoms with Gasteiger partial charge in [0.05, 0.1) is 5.56 Å². The molecule has 0 aliphatic carbocycles. The molecule has 1 unspecified atom stereocenters. The van der Waals surface area contributed by atoms with Crippen molar-refractivity contribution in [2.24, 2.45) is 0 Å². The van der Waals surface area contributed by atoms with Gasteiger partial charge in [-0.2, -0.15) is 0 Å². The Kier molecular flexibility index (Phi) is 4.95. The van der Waals surface area contributed by atoms with Crippen molar-refractivity contribution in [1.82, 2.24) is 25.2 Å². The molecule has 3 aromatic heterocycles. The summed E-state index contributed by atoms with van der Waals surface area (Å²) in [4.78, 5) is 27.1. The van der Waals surface area contributed by atoms with E-state index >= 15 is 0 Å². The second kappa shape index (κ2) is 8.12. The highest BCUT2D eigenvalue weighted by molar-refractivity contribution is 5.94. The first-order valence-electron chi connectivity index (χ1n) is 11.7. The fourth-order valence-corrected chi connectivity index (χ4v) is 5.26. The Morgan fingerprint density at radius 3 is 2.94 bits per heavy atom. The number of hydrogen-bond donors (Lipinski definition) is 2. The van der Waals surface area contributed by atoms with Crippen molar-refractivity contribution in [3.8, 4) is 11.1 Å².